The molecular weight excluding hydrogens is 510 g/mol. The predicted molar refractivity (Wildman–Crippen MR) is 149 cm³/mol. The van der Waals surface area contributed by atoms with Gasteiger partial charge in [0, 0.05) is 12.0 Å². The average Bonchev–Trinajstić information content (AvgIpc) is 3.63. The molecule has 0 bridgehead atoms. The Labute approximate surface area is 234 Å². The van der Waals surface area contributed by atoms with Crippen molar-refractivity contribution in [3.05, 3.63) is 82.8 Å². The molecule has 1 saturated heterocycles. The third-order valence-electron chi connectivity index (χ3n) is 7.15. The first-order chi connectivity index (χ1) is 19.3. The van der Waals surface area contributed by atoms with E-state index in [9.17, 15) is 14.7 Å². The van der Waals surface area contributed by atoms with Crippen molar-refractivity contribution in [3.63, 3.8) is 0 Å². The summed E-state index contributed by atoms with van der Waals surface area (Å²) < 4.78 is 23.2. The minimum Gasteiger partial charge on any atom is -0.507 e. The van der Waals surface area contributed by atoms with Crippen LogP contribution in [0.25, 0.3) is 5.76 Å². The van der Waals surface area contributed by atoms with Gasteiger partial charge in [-0.1, -0.05) is 19.9 Å². The lowest BCUT2D eigenvalue weighted by Crippen LogP contribution is -2.29. The molecule has 1 N–H and O–H groups in total. The first kappa shape index (κ1) is 27.4. The second kappa shape index (κ2) is 11.5. The Morgan fingerprint density at radius 2 is 1.93 bits per heavy atom. The highest BCUT2D eigenvalue weighted by Crippen LogP contribution is 2.43. The number of hydrogen-bond acceptors (Lipinski definition) is 7. The van der Waals surface area contributed by atoms with Crippen LogP contribution in [0.15, 0.2) is 64.8 Å². The number of fused-ring (bicyclic) bond motifs is 1. The Morgan fingerprint density at radius 3 is 2.65 bits per heavy atom. The van der Waals surface area contributed by atoms with Crippen LogP contribution in [0.4, 0.5) is 0 Å². The molecule has 1 aromatic heterocycles. The van der Waals surface area contributed by atoms with E-state index in [1.807, 2.05) is 26.0 Å². The number of furan rings is 1. The van der Waals surface area contributed by atoms with Gasteiger partial charge in [-0.05, 0) is 79.8 Å². The monoisotopic (exact) mass is 545 g/mol. The van der Waals surface area contributed by atoms with E-state index in [4.69, 9.17) is 18.6 Å². The first-order valence-electron chi connectivity index (χ1n) is 13.8. The molecule has 1 amide bonds. The highest BCUT2D eigenvalue weighted by atomic mass is 16.5. The van der Waals surface area contributed by atoms with Crippen molar-refractivity contribution >= 4 is 17.4 Å². The molecule has 2 aliphatic heterocycles. The predicted octanol–water partition coefficient (Wildman–Crippen LogP) is 6.05. The van der Waals surface area contributed by atoms with E-state index < -0.39 is 17.7 Å². The average molecular weight is 546 g/mol. The van der Waals surface area contributed by atoms with Gasteiger partial charge in [-0.2, -0.15) is 0 Å². The zero-order valence-electron chi connectivity index (χ0n) is 23.3. The maximum atomic E-state index is 13.5. The number of Topliss-reactive ketones (excluding diaryl/α,β-unsaturated/α-hetero) is 1. The van der Waals surface area contributed by atoms with Gasteiger partial charge in [0.2, 0.25) is 0 Å². The number of likely N-dealkylation sites (tertiary alicyclic amines) is 1. The molecule has 0 aliphatic carbocycles. The van der Waals surface area contributed by atoms with Crippen LogP contribution in [-0.2, 0) is 22.6 Å². The molecule has 2 aliphatic rings. The minimum atomic E-state index is -0.863. The number of ether oxygens (including phenoxy) is 3. The number of aliphatic hydroxyl groups is 1. The summed E-state index contributed by atoms with van der Waals surface area (Å²) in [5.41, 5.74) is 2.03. The largest absolute Gasteiger partial charge is 0.507 e. The smallest absolute Gasteiger partial charge is 0.296 e. The Morgan fingerprint density at radius 1 is 1.10 bits per heavy atom. The van der Waals surface area contributed by atoms with Gasteiger partial charge in [0.1, 0.15) is 23.4 Å². The van der Waals surface area contributed by atoms with E-state index in [0.717, 1.165) is 17.7 Å². The van der Waals surface area contributed by atoms with Crippen LogP contribution in [0.5, 0.6) is 17.2 Å². The SMILES string of the molecule is CCOc1cc(C2/C(=C(/O)c3ccc4c(c3)CC(C)O4)C(=O)C(=O)N2Cc2ccco2)ccc1OCCC(C)C. The first-order valence-corrected chi connectivity index (χ1v) is 13.8. The molecule has 0 spiro atoms. The standard InChI is InChI=1S/C32H35NO7/c1-5-37-27-17-21(8-11-26(27)39-14-12-19(2)3)29-28(31(35)32(36)33(29)18-24-7-6-13-38-24)30(34)22-9-10-25-23(16-22)15-20(4)40-25/h6-11,13,16-17,19-20,29,34H,5,12,14-15,18H2,1-4H3/b30-28-. The number of ketones is 1. The highest BCUT2D eigenvalue weighted by Gasteiger charge is 2.46. The summed E-state index contributed by atoms with van der Waals surface area (Å²) in [5, 5.41) is 11.5. The number of benzene rings is 2. The number of carbonyl (C=O) groups is 2. The second-order valence-electron chi connectivity index (χ2n) is 10.6. The van der Waals surface area contributed by atoms with Crippen LogP contribution in [0.1, 0.15) is 62.6 Å². The van der Waals surface area contributed by atoms with Gasteiger partial charge in [0.15, 0.2) is 11.5 Å². The van der Waals surface area contributed by atoms with Crippen molar-refractivity contribution in [1.82, 2.24) is 4.90 Å². The number of rotatable bonds is 10. The van der Waals surface area contributed by atoms with E-state index in [0.29, 0.717) is 53.9 Å². The molecule has 3 aromatic rings. The van der Waals surface area contributed by atoms with Gasteiger partial charge in [0.05, 0.1) is 37.6 Å². The number of carbonyl (C=O) groups excluding carboxylic acids is 2. The lowest BCUT2D eigenvalue weighted by molar-refractivity contribution is -0.140. The van der Waals surface area contributed by atoms with E-state index in [1.54, 1.807) is 36.4 Å². The fourth-order valence-electron chi connectivity index (χ4n) is 5.17. The normalized spacial score (nSPS) is 19.7. The summed E-state index contributed by atoms with van der Waals surface area (Å²) in [6.07, 6.45) is 3.14. The zero-order valence-corrected chi connectivity index (χ0v) is 23.3. The third-order valence-corrected chi connectivity index (χ3v) is 7.15. The molecule has 0 radical (unpaired) electrons. The van der Waals surface area contributed by atoms with E-state index in [-0.39, 0.29) is 24.0 Å². The lowest BCUT2D eigenvalue weighted by Gasteiger charge is -2.25. The third kappa shape index (κ3) is 5.43. The van der Waals surface area contributed by atoms with E-state index >= 15 is 0 Å². The number of nitrogens with zero attached hydrogens (tertiary/aromatic N) is 1. The molecule has 40 heavy (non-hydrogen) atoms. The second-order valence-corrected chi connectivity index (χ2v) is 10.6. The summed E-state index contributed by atoms with van der Waals surface area (Å²) in [5.74, 6) is 1.17. The van der Waals surface area contributed by atoms with Crippen molar-refractivity contribution in [2.24, 2.45) is 5.92 Å². The summed E-state index contributed by atoms with van der Waals surface area (Å²) in [7, 11) is 0. The summed E-state index contributed by atoms with van der Waals surface area (Å²) in [6, 6.07) is 13.3. The molecule has 8 heteroatoms. The molecule has 2 atom stereocenters. The van der Waals surface area contributed by atoms with Crippen LogP contribution in [0.2, 0.25) is 0 Å². The van der Waals surface area contributed by atoms with E-state index in [1.165, 1.54) is 11.2 Å². The van der Waals surface area contributed by atoms with Crippen LogP contribution in [0.3, 0.4) is 0 Å². The Kier molecular flexibility index (Phi) is 7.87. The topological polar surface area (TPSA) is 98.4 Å². The maximum absolute atomic E-state index is 13.5. The summed E-state index contributed by atoms with van der Waals surface area (Å²) in [4.78, 5) is 28.3. The number of hydrogen-bond donors (Lipinski definition) is 1. The van der Waals surface area contributed by atoms with Crippen molar-refractivity contribution in [1.29, 1.82) is 0 Å². The van der Waals surface area contributed by atoms with Gasteiger partial charge < -0.3 is 28.6 Å². The highest BCUT2D eigenvalue weighted by molar-refractivity contribution is 6.46. The van der Waals surface area contributed by atoms with Crippen molar-refractivity contribution in [2.45, 2.75) is 59.2 Å². The van der Waals surface area contributed by atoms with Gasteiger partial charge in [-0.25, -0.2) is 0 Å². The molecule has 1 fully saturated rings. The molecular formula is C32H35NO7. The zero-order chi connectivity index (χ0) is 28.4. The van der Waals surface area contributed by atoms with Gasteiger partial charge in [0.25, 0.3) is 11.7 Å². The minimum absolute atomic E-state index is 0.0133. The summed E-state index contributed by atoms with van der Waals surface area (Å²) >= 11 is 0. The Hall–Kier alpha value is -4.20. The van der Waals surface area contributed by atoms with E-state index in [2.05, 4.69) is 13.8 Å². The van der Waals surface area contributed by atoms with Crippen LogP contribution in [-0.4, -0.2) is 41.0 Å². The molecule has 2 unspecified atom stereocenters. The fourth-order valence-corrected chi connectivity index (χ4v) is 5.17. The number of amides is 1. The Balaban J connectivity index is 1.59. The van der Waals surface area contributed by atoms with Crippen LogP contribution in [0, 0.1) is 5.92 Å². The van der Waals surface area contributed by atoms with Crippen LogP contribution < -0.4 is 14.2 Å². The Bertz CT molecular complexity index is 1420. The molecule has 5 rings (SSSR count). The molecule has 210 valence electrons. The molecule has 8 nitrogen and oxygen atoms in total. The van der Waals surface area contributed by atoms with Crippen molar-refractivity contribution < 1.29 is 33.3 Å². The van der Waals surface area contributed by atoms with Crippen molar-refractivity contribution in [3.8, 4) is 17.2 Å². The van der Waals surface area contributed by atoms with Crippen LogP contribution >= 0.6 is 0 Å². The number of aliphatic hydroxyl groups excluding tert-OH is 1. The fraction of sp³-hybridized carbons (Fsp3) is 0.375. The molecule has 3 heterocycles. The molecule has 2 aromatic carbocycles. The molecule has 0 saturated carbocycles. The lowest BCUT2D eigenvalue weighted by atomic mass is 9.94. The van der Waals surface area contributed by atoms with Gasteiger partial charge in [-0.3, -0.25) is 9.59 Å². The quantitative estimate of drug-likeness (QED) is 0.188. The van der Waals surface area contributed by atoms with Gasteiger partial charge >= 0.3 is 0 Å². The summed E-state index contributed by atoms with van der Waals surface area (Å²) in [6.45, 7) is 9.13. The van der Waals surface area contributed by atoms with Crippen molar-refractivity contribution in [2.75, 3.05) is 13.2 Å². The maximum Gasteiger partial charge on any atom is 0.296 e. The van der Waals surface area contributed by atoms with Gasteiger partial charge in [-0.15, -0.1) is 0 Å².